The van der Waals surface area contributed by atoms with Crippen LogP contribution in [0.5, 0.6) is 0 Å². The van der Waals surface area contributed by atoms with Gasteiger partial charge in [-0.1, -0.05) is 6.58 Å². The topological polar surface area (TPSA) is 41.6 Å². The summed E-state index contributed by atoms with van der Waals surface area (Å²) in [7, 11) is 0. The number of carbonyl (C=O) groups excluding carboxylic acids is 1. The molecule has 1 aliphatic heterocycles. The molecule has 1 heterocycles. The highest BCUT2D eigenvalue weighted by Gasteiger charge is 2.16. The molecule has 4 heteroatoms. The zero-order valence-electron chi connectivity index (χ0n) is 7.08. The highest BCUT2D eigenvalue weighted by atomic mass is 16.5. The Hall–Kier alpha value is -1.19. The largest absolute Gasteiger partial charge is 0.500 e. The molecular formula is C8H14N2O2. The standard InChI is InChI=1S/C8H14N2O2/c1-2-12-7-6-10-5-3-4-9-8(10)11/h2H,1,3-7H2,(H,9,11). The molecule has 0 spiro atoms. The molecule has 2 amide bonds. The number of hydrogen-bond donors (Lipinski definition) is 1. The average Bonchev–Trinajstić information content (AvgIpc) is 2.09. The second kappa shape index (κ2) is 4.64. The zero-order chi connectivity index (χ0) is 8.81. The van der Waals surface area contributed by atoms with Crippen molar-refractivity contribution in [2.75, 3.05) is 26.2 Å². The van der Waals surface area contributed by atoms with Crippen LogP contribution in [-0.2, 0) is 4.74 Å². The number of ether oxygens (including phenoxy) is 1. The van der Waals surface area contributed by atoms with Gasteiger partial charge in [-0.3, -0.25) is 0 Å². The van der Waals surface area contributed by atoms with E-state index in [0.717, 1.165) is 19.5 Å². The lowest BCUT2D eigenvalue weighted by Crippen LogP contribution is -2.47. The first-order valence-corrected chi connectivity index (χ1v) is 4.10. The molecule has 1 fully saturated rings. The van der Waals surface area contributed by atoms with Gasteiger partial charge in [-0.15, -0.1) is 0 Å². The van der Waals surface area contributed by atoms with E-state index in [4.69, 9.17) is 4.74 Å². The molecule has 1 aliphatic rings. The fourth-order valence-corrected chi connectivity index (χ4v) is 1.14. The number of hydrogen-bond acceptors (Lipinski definition) is 2. The number of amides is 2. The van der Waals surface area contributed by atoms with E-state index in [2.05, 4.69) is 11.9 Å². The van der Waals surface area contributed by atoms with E-state index >= 15 is 0 Å². The molecule has 4 nitrogen and oxygen atoms in total. The average molecular weight is 170 g/mol. The van der Waals surface area contributed by atoms with Crippen LogP contribution in [0.1, 0.15) is 6.42 Å². The Morgan fingerprint density at radius 3 is 3.25 bits per heavy atom. The summed E-state index contributed by atoms with van der Waals surface area (Å²) in [5, 5.41) is 2.76. The van der Waals surface area contributed by atoms with Gasteiger partial charge in [0.05, 0.1) is 12.8 Å². The van der Waals surface area contributed by atoms with Crippen molar-refractivity contribution < 1.29 is 9.53 Å². The van der Waals surface area contributed by atoms with Crippen molar-refractivity contribution in [3.63, 3.8) is 0 Å². The monoisotopic (exact) mass is 170 g/mol. The van der Waals surface area contributed by atoms with Crippen molar-refractivity contribution in [1.29, 1.82) is 0 Å². The Labute approximate surface area is 72.2 Å². The quantitative estimate of drug-likeness (QED) is 0.495. The summed E-state index contributed by atoms with van der Waals surface area (Å²) in [5.41, 5.74) is 0. The maximum atomic E-state index is 11.1. The third kappa shape index (κ3) is 2.45. The summed E-state index contributed by atoms with van der Waals surface area (Å²) >= 11 is 0. The van der Waals surface area contributed by atoms with Crippen LogP contribution in [-0.4, -0.2) is 37.2 Å². The molecule has 0 aromatic carbocycles. The molecule has 0 aliphatic carbocycles. The molecule has 1 saturated heterocycles. The van der Waals surface area contributed by atoms with E-state index in [1.807, 2.05) is 0 Å². The highest BCUT2D eigenvalue weighted by molar-refractivity contribution is 5.74. The maximum Gasteiger partial charge on any atom is 0.317 e. The van der Waals surface area contributed by atoms with Crippen molar-refractivity contribution in [3.05, 3.63) is 12.8 Å². The first-order chi connectivity index (χ1) is 5.84. The van der Waals surface area contributed by atoms with Crippen molar-refractivity contribution in [2.24, 2.45) is 0 Å². The maximum absolute atomic E-state index is 11.1. The molecule has 0 radical (unpaired) electrons. The molecule has 0 atom stereocenters. The molecular weight excluding hydrogens is 156 g/mol. The fourth-order valence-electron chi connectivity index (χ4n) is 1.14. The van der Waals surface area contributed by atoms with Gasteiger partial charge in [0.1, 0.15) is 6.61 Å². The van der Waals surface area contributed by atoms with Crippen LogP contribution in [0.25, 0.3) is 0 Å². The summed E-state index contributed by atoms with van der Waals surface area (Å²) in [4.78, 5) is 12.9. The van der Waals surface area contributed by atoms with Crippen LogP contribution in [0.3, 0.4) is 0 Å². The third-order valence-corrected chi connectivity index (χ3v) is 1.77. The summed E-state index contributed by atoms with van der Waals surface area (Å²) in [6, 6.07) is 0.00825. The first kappa shape index (κ1) is 8.90. The van der Waals surface area contributed by atoms with Crippen LogP contribution in [0.4, 0.5) is 4.79 Å². The van der Waals surface area contributed by atoms with E-state index in [1.54, 1.807) is 4.90 Å². The smallest absolute Gasteiger partial charge is 0.317 e. The number of carbonyl (C=O) groups is 1. The van der Waals surface area contributed by atoms with Gasteiger partial charge < -0.3 is 15.0 Å². The molecule has 1 rings (SSSR count). The van der Waals surface area contributed by atoms with E-state index in [9.17, 15) is 4.79 Å². The predicted molar refractivity (Wildman–Crippen MR) is 45.7 cm³/mol. The van der Waals surface area contributed by atoms with Gasteiger partial charge in [-0.05, 0) is 6.42 Å². The van der Waals surface area contributed by atoms with Gasteiger partial charge in [-0.2, -0.15) is 0 Å². The summed E-state index contributed by atoms with van der Waals surface area (Å²) in [6.45, 7) is 6.20. The molecule has 0 aromatic heterocycles. The van der Waals surface area contributed by atoms with Gasteiger partial charge in [0.2, 0.25) is 0 Å². The van der Waals surface area contributed by atoms with E-state index < -0.39 is 0 Å². The van der Waals surface area contributed by atoms with Gasteiger partial charge in [0.15, 0.2) is 0 Å². The Bertz CT molecular complexity index is 170. The minimum Gasteiger partial charge on any atom is -0.500 e. The van der Waals surface area contributed by atoms with Crippen LogP contribution in [0.15, 0.2) is 12.8 Å². The van der Waals surface area contributed by atoms with Crippen LogP contribution in [0.2, 0.25) is 0 Å². The minimum atomic E-state index is 0.00825. The summed E-state index contributed by atoms with van der Waals surface area (Å²) in [5.74, 6) is 0. The Morgan fingerprint density at radius 2 is 2.58 bits per heavy atom. The zero-order valence-corrected chi connectivity index (χ0v) is 7.08. The lowest BCUT2D eigenvalue weighted by Gasteiger charge is -2.26. The van der Waals surface area contributed by atoms with Crippen LogP contribution in [0, 0.1) is 0 Å². The molecule has 0 saturated carbocycles. The highest BCUT2D eigenvalue weighted by Crippen LogP contribution is 1.98. The fraction of sp³-hybridized carbons (Fsp3) is 0.625. The van der Waals surface area contributed by atoms with Crippen molar-refractivity contribution in [1.82, 2.24) is 10.2 Å². The molecule has 0 unspecified atom stereocenters. The number of nitrogens with zero attached hydrogens (tertiary/aromatic N) is 1. The van der Waals surface area contributed by atoms with Crippen molar-refractivity contribution >= 4 is 6.03 Å². The van der Waals surface area contributed by atoms with E-state index in [-0.39, 0.29) is 6.03 Å². The van der Waals surface area contributed by atoms with Gasteiger partial charge >= 0.3 is 6.03 Å². The van der Waals surface area contributed by atoms with E-state index in [0.29, 0.717) is 13.2 Å². The third-order valence-electron chi connectivity index (χ3n) is 1.77. The molecule has 1 N–H and O–H groups in total. The first-order valence-electron chi connectivity index (χ1n) is 4.10. The number of rotatable bonds is 4. The van der Waals surface area contributed by atoms with E-state index in [1.165, 1.54) is 6.26 Å². The Morgan fingerprint density at radius 1 is 1.75 bits per heavy atom. The molecule has 68 valence electrons. The summed E-state index contributed by atoms with van der Waals surface area (Å²) < 4.78 is 4.93. The van der Waals surface area contributed by atoms with Gasteiger partial charge in [-0.25, -0.2) is 4.79 Å². The van der Waals surface area contributed by atoms with Crippen LogP contribution < -0.4 is 5.32 Å². The lowest BCUT2D eigenvalue weighted by molar-refractivity contribution is 0.159. The van der Waals surface area contributed by atoms with Crippen molar-refractivity contribution in [3.8, 4) is 0 Å². The molecule has 0 bridgehead atoms. The van der Waals surface area contributed by atoms with Gasteiger partial charge in [0, 0.05) is 13.1 Å². The number of urea groups is 1. The minimum absolute atomic E-state index is 0.00825. The Balaban J connectivity index is 2.20. The summed E-state index contributed by atoms with van der Waals surface area (Å²) in [6.07, 6.45) is 2.40. The second-order valence-corrected chi connectivity index (χ2v) is 2.61. The van der Waals surface area contributed by atoms with Crippen molar-refractivity contribution in [2.45, 2.75) is 6.42 Å². The lowest BCUT2D eigenvalue weighted by atomic mass is 10.3. The van der Waals surface area contributed by atoms with Gasteiger partial charge in [0.25, 0.3) is 0 Å². The molecule has 12 heavy (non-hydrogen) atoms. The normalized spacial score (nSPS) is 17.0. The predicted octanol–water partition coefficient (Wildman–Crippen LogP) is 0.562. The number of nitrogens with one attached hydrogen (secondary N) is 1. The SMILES string of the molecule is C=COCCN1CCCNC1=O. The Kier molecular flexibility index (Phi) is 3.44. The van der Waals surface area contributed by atoms with Crippen LogP contribution >= 0.6 is 0 Å². The molecule has 0 aromatic rings. The second-order valence-electron chi connectivity index (χ2n) is 2.61.